The van der Waals surface area contributed by atoms with Crippen molar-refractivity contribution in [2.24, 2.45) is 5.16 Å². The number of alkyl carbamates (subject to hydrolysis) is 1. The van der Waals surface area contributed by atoms with Crippen LogP contribution in [0, 0.1) is 0 Å². The summed E-state index contributed by atoms with van der Waals surface area (Å²) < 4.78 is 16.2. The van der Waals surface area contributed by atoms with Crippen LogP contribution in [-0.4, -0.2) is 48.5 Å². The molecular weight excluding hydrogens is 276 g/mol. The van der Waals surface area contributed by atoms with Crippen LogP contribution < -0.4 is 5.32 Å². The molecule has 21 heavy (non-hydrogen) atoms. The van der Waals surface area contributed by atoms with E-state index in [-0.39, 0.29) is 13.2 Å². The molecule has 7 nitrogen and oxygen atoms in total. The fourth-order valence-electron chi connectivity index (χ4n) is 2.46. The number of ether oxygens (including phenoxy) is 3. The monoisotopic (exact) mass is 292 g/mol. The van der Waals surface area contributed by atoms with Crippen LogP contribution in [-0.2, 0) is 20.8 Å². The topological polar surface area (TPSA) is 89.4 Å². The molecule has 2 fully saturated rings. The first kappa shape index (κ1) is 13.8. The van der Waals surface area contributed by atoms with Crippen LogP contribution in [0.25, 0.3) is 0 Å². The van der Waals surface area contributed by atoms with Crippen LogP contribution >= 0.6 is 0 Å². The first-order chi connectivity index (χ1) is 10.3. The quantitative estimate of drug-likeness (QED) is 0.638. The summed E-state index contributed by atoms with van der Waals surface area (Å²) in [6, 6.07) is 9.55. The molecule has 0 spiro atoms. The highest BCUT2D eigenvalue weighted by atomic mass is 16.6. The third-order valence-electron chi connectivity index (χ3n) is 3.52. The van der Waals surface area contributed by atoms with Crippen molar-refractivity contribution in [3.05, 3.63) is 35.9 Å². The first-order valence-electron chi connectivity index (χ1n) is 6.70. The van der Waals surface area contributed by atoms with Crippen LogP contribution in [0.15, 0.2) is 35.5 Å². The number of amides is 1. The molecule has 112 valence electrons. The van der Waals surface area contributed by atoms with Crippen molar-refractivity contribution in [3.63, 3.8) is 0 Å². The SMILES string of the molecule is O=C(NCc1ccccc1)O[C@H]1CO[C@@H]2/C(=N/O)CO[C@H]12. The highest BCUT2D eigenvalue weighted by Gasteiger charge is 2.48. The largest absolute Gasteiger partial charge is 0.441 e. The van der Waals surface area contributed by atoms with Gasteiger partial charge in [0.25, 0.3) is 0 Å². The molecule has 1 aromatic carbocycles. The van der Waals surface area contributed by atoms with E-state index >= 15 is 0 Å². The zero-order valence-corrected chi connectivity index (χ0v) is 11.3. The summed E-state index contributed by atoms with van der Waals surface area (Å²) in [5.41, 5.74) is 1.41. The van der Waals surface area contributed by atoms with Crippen molar-refractivity contribution in [2.45, 2.75) is 24.9 Å². The Bertz CT molecular complexity index is 533. The molecule has 2 aliphatic heterocycles. The van der Waals surface area contributed by atoms with E-state index in [0.29, 0.717) is 12.3 Å². The molecule has 0 aromatic heterocycles. The molecule has 0 unspecified atom stereocenters. The van der Waals surface area contributed by atoms with Crippen molar-refractivity contribution in [1.82, 2.24) is 5.32 Å². The Labute approximate surface area is 121 Å². The van der Waals surface area contributed by atoms with Gasteiger partial charge in [0.2, 0.25) is 0 Å². The fourth-order valence-corrected chi connectivity index (χ4v) is 2.46. The number of carbonyl (C=O) groups excluding carboxylic acids is 1. The molecule has 0 bridgehead atoms. The summed E-state index contributed by atoms with van der Waals surface area (Å²) in [5.74, 6) is 0. The Morgan fingerprint density at radius 2 is 2.19 bits per heavy atom. The van der Waals surface area contributed by atoms with Crippen molar-refractivity contribution in [3.8, 4) is 0 Å². The number of benzene rings is 1. The summed E-state index contributed by atoms with van der Waals surface area (Å²) >= 11 is 0. The van der Waals surface area contributed by atoms with E-state index < -0.39 is 24.4 Å². The zero-order valence-electron chi connectivity index (χ0n) is 11.3. The number of carbonyl (C=O) groups is 1. The average Bonchev–Trinajstić information content (AvgIpc) is 3.09. The van der Waals surface area contributed by atoms with Gasteiger partial charge in [-0.15, -0.1) is 0 Å². The maximum Gasteiger partial charge on any atom is 0.407 e. The smallest absolute Gasteiger partial charge is 0.407 e. The van der Waals surface area contributed by atoms with E-state index in [1.807, 2.05) is 30.3 Å². The second-order valence-corrected chi connectivity index (χ2v) is 4.90. The van der Waals surface area contributed by atoms with Gasteiger partial charge in [-0.25, -0.2) is 4.79 Å². The summed E-state index contributed by atoms with van der Waals surface area (Å²) in [7, 11) is 0. The standard InChI is InChI=1S/C14H16N2O5/c17-14(15-6-9-4-2-1-3-5-9)21-11-8-20-12-10(16-18)7-19-13(11)12/h1-5,11-13,18H,6-8H2,(H,15,17)/b16-10+/t11-,12+,13+/m0/s1. The van der Waals surface area contributed by atoms with Gasteiger partial charge in [0.15, 0.2) is 6.10 Å². The van der Waals surface area contributed by atoms with Crippen LogP contribution in [0.4, 0.5) is 4.79 Å². The lowest BCUT2D eigenvalue weighted by atomic mass is 10.1. The van der Waals surface area contributed by atoms with Crippen LogP contribution in [0.1, 0.15) is 5.56 Å². The second kappa shape index (κ2) is 6.11. The highest BCUT2D eigenvalue weighted by Crippen LogP contribution is 2.27. The molecule has 0 radical (unpaired) electrons. The molecule has 3 rings (SSSR count). The number of nitrogens with zero attached hydrogens (tertiary/aromatic N) is 1. The fraction of sp³-hybridized carbons (Fsp3) is 0.429. The van der Waals surface area contributed by atoms with Gasteiger partial charge < -0.3 is 24.7 Å². The minimum Gasteiger partial charge on any atom is -0.441 e. The first-order valence-corrected chi connectivity index (χ1v) is 6.70. The number of oxime groups is 1. The minimum atomic E-state index is -0.522. The summed E-state index contributed by atoms with van der Waals surface area (Å²) in [6.07, 6.45) is -1.85. The zero-order chi connectivity index (χ0) is 14.7. The third-order valence-corrected chi connectivity index (χ3v) is 3.52. The van der Waals surface area contributed by atoms with Crippen molar-refractivity contribution >= 4 is 11.8 Å². The van der Waals surface area contributed by atoms with E-state index in [9.17, 15) is 4.79 Å². The van der Waals surface area contributed by atoms with Crippen molar-refractivity contribution in [1.29, 1.82) is 0 Å². The lowest BCUT2D eigenvalue weighted by Crippen LogP contribution is -2.36. The van der Waals surface area contributed by atoms with Gasteiger partial charge in [0.1, 0.15) is 17.9 Å². The Kier molecular flexibility index (Phi) is 4.03. The van der Waals surface area contributed by atoms with E-state index in [4.69, 9.17) is 19.4 Å². The molecule has 2 heterocycles. The third kappa shape index (κ3) is 2.98. The Morgan fingerprint density at radius 3 is 2.95 bits per heavy atom. The predicted octanol–water partition coefficient (Wildman–Crippen LogP) is 0.909. The lowest BCUT2D eigenvalue weighted by molar-refractivity contribution is 0.00578. The van der Waals surface area contributed by atoms with Crippen LogP contribution in [0.5, 0.6) is 0 Å². The van der Waals surface area contributed by atoms with Gasteiger partial charge in [0.05, 0.1) is 13.2 Å². The molecule has 0 aliphatic carbocycles. The molecule has 1 aromatic rings. The van der Waals surface area contributed by atoms with E-state index in [0.717, 1.165) is 5.56 Å². The van der Waals surface area contributed by atoms with Crippen molar-refractivity contribution < 1.29 is 24.2 Å². The van der Waals surface area contributed by atoms with Crippen molar-refractivity contribution in [2.75, 3.05) is 13.2 Å². The molecular formula is C14H16N2O5. The molecule has 7 heteroatoms. The number of nitrogens with one attached hydrogen (secondary N) is 1. The minimum absolute atomic E-state index is 0.192. The molecule has 0 saturated carbocycles. The number of hydrogen-bond acceptors (Lipinski definition) is 6. The van der Waals surface area contributed by atoms with Gasteiger partial charge in [0, 0.05) is 6.54 Å². The number of rotatable bonds is 3. The Balaban J connectivity index is 1.50. The molecule has 3 atom stereocenters. The number of hydrogen-bond donors (Lipinski definition) is 2. The van der Waals surface area contributed by atoms with Gasteiger partial charge in [-0.2, -0.15) is 0 Å². The van der Waals surface area contributed by atoms with Gasteiger partial charge >= 0.3 is 6.09 Å². The maximum absolute atomic E-state index is 11.8. The Hall–Kier alpha value is -2.12. The second-order valence-electron chi connectivity index (χ2n) is 4.90. The normalized spacial score (nSPS) is 29.3. The van der Waals surface area contributed by atoms with Gasteiger partial charge in [-0.3, -0.25) is 0 Å². The lowest BCUT2D eigenvalue weighted by Gasteiger charge is -2.16. The van der Waals surface area contributed by atoms with E-state index in [2.05, 4.69) is 10.5 Å². The average molecular weight is 292 g/mol. The number of fused-ring (bicyclic) bond motifs is 1. The van der Waals surface area contributed by atoms with E-state index in [1.54, 1.807) is 0 Å². The summed E-state index contributed by atoms with van der Waals surface area (Å²) in [5, 5.41) is 14.6. The predicted molar refractivity (Wildman–Crippen MR) is 72.3 cm³/mol. The van der Waals surface area contributed by atoms with Crippen LogP contribution in [0.2, 0.25) is 0 Å². The molecule has 2 N–H and O–H groups in total. The Morgan fingerprint density at radius 1 is 1.38 bits per heavy atom. The van der Waals surface area contributed by atoms with Gasteiger partial charge in [-0.05, 0) is 5.56 Å². The molecule has 2 aliphatic rings. The molecule has 1 amide bonds. The summed E-state index contributed by atoms with van der Waals surface area (Å²) in [4.78, 5) is 11.8. The van der Waals surface area contributed by atoms with E-state index in [1.165, 1.54) is 0 Å². The highest BCUT2D eigenvalue weighted by molar-refractivity contribution is 5.92. The van der Waals surface area contributed by atoms with Crippen LogP contribution in [0.3, 0.4) is 0 Å². The maximum atomic E-state index is 11.8. The van der Waals surface area contributed by atoms with Gasteiger partial charge in [-0.1, -0.05) is 35.5 Å². The molecule has 2 saturated heterocycles. The summed E-state index contributed by atoms with van der Waals surface area (Å²) in [6.45, 7) is 0.815.